The Morgan fingerprint density at radius 1 is 1.50 bits per heavy atom. The van der Waals surface area contributed by atoms with Crippen LogP contribution >= 0.6 is 27.3 Å². The molecular formula is C10H13BrO2S. The van der Waals surface area contributed by atoms with Crippen LogP contribution < -0.4 is 0 Å². The van der Waals surface area contributed by atoms with E-state index in [0.717, 1.165) is 26.1 Å². The summed E-state index contributed by atoms with van der Waals surface area (Å²) in [7, 11) is 0. The second kappa shape index (κ2) is 4.31. The number of aliphatic hydroxyl groups excluding tert-OH is 1. The molecule has 0 radical (unpaired) electrons. The predicted octanol–water partition coefficient (Wildman–Crippen LogP) is 2.55. The van der Waals surface area contributed by atoms with Crippen molar-refractivity contribution in [1.82, 2.24) is 0 Å². The van der Waals surface area contributed by atoms with E-state index in [-0.39, 0.29) is 12.0 Å². The zero-order chi connectivity index (χ0) is 10.0. The first-order valence-corrected chi connectivity index (χ1v) is 6.32. The van der Waals surface area contributed by atoms with Crippen LogP contribution in [0.1, 0.15) is 17.7 Å². The zero-order valence-corrected chi connectivity index (χ0v) is 10.2. The second-order valence-electron chi connectivity index (χ2n) is 3.70. The van der Waals surface area contributed by atoms with Gasteiger partial charge in [-0.15, -0.1) is 11.3 Å². The molecule has 2 nitrogen and oxygen atoms in total. The Labute approximate surface area is 96.0 Å². The number of thiophene rings is 1. The van der Waals surface area contributed by atoms with Crippen molar-refractivity contribution in [3.63, 3.8) is 0 Å². The molecule has 0 aromatic carbocycles. The molecule has 0 amide bonds. The Morgan fingerprint density at radius 2 is 2.29 bits per heavy atom. The van der Waals surface area contributed by atoms with Crippen molar-refractivity contribution in [2.75, 3.05) is 19.8 Å². The molecule has 78 valence electrons. The summed E-state index contributed by atoms with van der Waals surface area (Å²) in [6.45, 7) is 1.88. The summed E-state index contributed by atoms with van der Waals surface area (Å²) >= 11 is 5.25. The van der Waals surface area contributed by atoms with Crippen LogP contribution in [0.2, 0.25) is 0 Å². The van der Waals surface area contributed by atoms with Gasteiger partial charge in [0.15, 0.2) is 0 Å². The van der Waals surface area contributed by atoms with E-state index in [1.165, 1.54) is 8.66 Å². The average Bonchev–Trinajstić information content (AvgIpc) is 2.51. The van der Waals surface area contributed by atoms with E-state index in [2.05, 4.69) is 28.1 Å². The van der Waals surface area contributed by atoms with Gasteiger partial charge in [0, 0.05) is 11.5 Å². The molecule has 0 saturated carbocycles. The van der Waals surface area contributed by atoms with E-state index in [1.807, 2.05) is 0 Å². The Hall–Kier alpha value is 0.1000. The smallest absolute Gasteiger partial charge is 0.0701 e. The summed E-state index contributed by atoms with van der Waals surface area (Å²) in [5.41, 5.74) is 0.194. The summed E-state index contributed by atoms with van der Waals surface area (Å²) < 4.78 is 6.48. The van der Waals surface area contributed by atoms with Crippen LogP contribution in [0.3, 0.4) is 0 Å². The molecule has 4 heteroatoms. The molecule has 1 fully saturated rings. The number of hydrogen-bond donors (Lipinski definition) is 1. The van der Waals surface area contributed by atoms with Gasteiger partial charge in [-0.25, -0.2) is 0 Å². The van der Waals surface area contributed by atoms with Crippen molar-refractivity contribution in [2.45, 2.75) is 18.3 Å². The number of hydrogen-bond acceptors (Lipinski definition) is 3. The molecule has 0 spiro atoms. The quantitative estimate of drug-likeness (QED) is 0.916. The van der Waals surface area contributed by atoms with Crippen molar-refractivity contribution in [2.24, 2.45) is 0 Å². The van der Waals surface area contributed by atoms with E-state index < -0.39 is 0 Å². The molecule has 1 N–H and O–H groups in total. The highest BCUT2D eigenvalue weighted by Crippen LogP contribution is 2.41. The molecule has 14 heavy (non-hydrogen) atoms. The molecule has 0 aliphatic carbocycles. The Morgan fingerprint density at radius 3 is 2.71 bits per heavy atom. The fraction of sp³-hybridized carbons (Fsp3) is 0.600. The molecule has 0 bridgehead atoms. The predicted molar refractivity (Wildman–Crippen MR) is 60.8 cm³/mol. The van der Waals surface area contributed by atoms with Gasteiger partial charge in [-0.3, -0.25) is 0 Å². The summed E-state index contributed by atoms with van der Waals surface area (Å²) in [6, 6.07) is 4.24. The van der Waals surface area contributed by atoms with E-state index >= 15 is 0 Å². The molecule has 1 aliphatic rings. The normalized spacial score (nSPS) is 19.3. The van der Waals surface area contributed by atoms with Crippen molar-refractivity contribution in [3.05, 3.63) is 20.8 Å². The van der Waals surface area contributed by atoms with Crippen LogP contribution in [0, 0.1) is 0 Å². The Kier molecular flexibility index (Phi) is 3.27. The second-order valence-corrected chi connectivity index (χ2v) is 6.17. The minimum atomic E-state index is 0.194. The number of halogens is 1. The summed E-state index contributed by atoms with van der Waals surface area (Å²) in [6.07, 6.45) is 1.88. The van der Waals surface area contributed by atoms with Crippen LogP contribution in [-0.4, -0.2) is 24.9 Å². The lowest BCUT2D eigenvalue weighted by Gasteiger charge is -2.40. The largest absolute Gasteiger partial charge is 0.396 e. The van der Waals surface area contributed by atoms with Crippen LogP contribution in [0.4, 0.5) is 0 Å². The molecule has 0 atom stereocenters. The zero-order valence-electron chi connectivity index (χ0n) is 7.83. The first-order valence-electron chi connectivity index (χ1n) is 4.71. The minimum Gasteiger partial charge on any atom is -0.396 e. The maximum Gasteiger partial charge on any atom is 0.0701 e. The van der Waals surface area contributed by atoms with Crippen molar-refractivity contribution < 1.29 is 9.84 Å². The maximum absolute atomic E-state index is 8.85. The van der Waals surface area contributed by atoms with Gasteiger partial charge in [-0.2, -0.15) is 0 Å². The van der Waals surface area contributed by atoms with E-state index in [4.69, 9.17) is 9.84 Å². The highest BCUT2D eigenvalue weighted by Gasteiger charge is 2.40. The van der Waals surface area contributed by atoms with Gasteiger partial charge < -0.3 is 9.84 Å². The third kappa shape index (κ3) is 1.89. The third-order valence-electron chi connectivity index (χ3n) is 2.67. The summed E-state index contributed by atoms with van der Waals surface area (Å²) in [4.78, 5) is 1.38. The first kappa shape index (κ1) is 10.6. The van der Waals surface area contributed by atoms with Gasteiger partial charge in [-0.1, -0.05) is 0 Å². The van der Waals surface area contributed by atoms with Crippen molar-refractivity contribution >= 4 is 27.3 Å². The van der Waals surface area contributed by atoms with E-state index in [0.29, 0.717) is 0 Å². The lowest BCUT2D eigenvalue weighted by Crippen LogP contribution is -2.46. The Bertz CT molecular complexity index is 307. The third-order valence-corrected chi connectivity index (χ3v) is 4.54. The van der Waals surface area contributed by atoms with Crippen molar-refractivity contribution in [1.29, 1.82) is 0 Å². The van der Waals surface area contributed by atoms with Crippen LogP contribution in [-0.2, 0) is 10.2 Å². The molecule has 1 aromatic heterocycles. The van der Waals surface area contributed by atoms with Gasteiger partial charge in [0.25, 0.3) is 0 Å². The van der Waals surface area contributed by atoms with Crippen molar-refractivity contribution in [3.8, 4) is 0 Å². The standard InChI is InChI=1S/C10H13BrO2S/c11-9-3-2-8(14-9)10(4-1-5-12)6-13-7-10/h2-3,12H,1,4-7H2. The first-order chi connectivity index (χ1) is 6.77. The molecule has 1 saturated heterocycles. The SMILES string of the molecule is OCCCC1(c2ccc(Br)s2)COC1. The van der Waals surface area contributed by atoms with Gasteiger partial charge in [-0.05, 0) is 40.9 Å². The van der Waals surface area contributed by atoms with Gasteiger partial charge in [0.1, 0.15) is 0 Å². The molecule has 1 aromatic rings. The lowest BCUT2D eigenvalue weighted by atomic mass is 9.80. The van der Waals surface area contributed by atoms with Gasteiger partial charge in [0.05, 0.1) is 22.4 Å². The molecule has 0 unspecified atom stereocenters. The summed E-state index contributed by atoms with van der Waals surface area (Å²) in [5.74, 6) is 0. The molecule has 2 heterocycles. The molecule has 2 rings (SSSR count). The van der Waals surface area contributed by atoms with Crippen LogP contribution in [0.15, 0.2) is 15.9 Å². The lowest BCUT2D eigenvalue weighted by molar-refractivity contribution is -0.0646. The number of aliphatic hydroxyl groups is 1. The molecular weight excluding hydrogens is 264 g/mol. The van der Waals surface area contributed by atoms with Crippen LogP contribution in [0.25, 0.3) is 0 Å². The van der Waals surface area contributed by atoms with Gasteiger partial charge >= 0.3 is 0 Å². The number of rotatable bonds is 4. The van der Waals surface area contributed by atoms with Gasteiger partial charge in [0.2, 0.25) is 0 Å². The monoisotopic (exact) mass is 276 g/mol. The fourth-order valence-corrected chi connectivity index (χ4v) is 3.35. The molecule has 1 aliphatic heterocycles. The number of ether oxygens (including phenoxy) is 1. The summed E-state index contributed by atoms with van der Waals surface area (Å²) in [5, 5.41) is 8.85. The van der Waals surface area contributed by atoms with E-state index in [1.54, 1.807) is 11.3 Å². The highest BCUT2D eigenvalue weighted by atomic mass is 79.9. The topological polar surface area (TPSA) is 29.5 Å². The van der Waals surface area contributed by atoms with Crippen LogP contribution in [0.5, 0.6) is 0 Å². The fourth-order valence-electron chi connectivity index (χ4n) is 1.78. The minimum absolute atomic E-state index is 0.194. The van der Waals surface area contributed by atoms with E-state index in [9.17, 15) is 0 Å². The highest BCUT2D eigenvalue weighted by molar-refractivity contribution is 9.11. The average molecular weight is 277 g/mol. The Balaban J connectivity index is 2.11. The maximum atomic E-state index is 8.85.